The molecule has 1 atom stereocenters. The summed E-state index contributed by atoms with van der Waals surface area (Å²) < 4.78 is 27.8. The van der Waals surface area contributed by atoms with Crippen LogP contribution in [0.2, 0.25) is 0 Å². The first-order valence-electron chi connectivity index (χ1n) is 8.37. The molecule has 1 aliphatic rings. The first-order valence-corrected chi connectivity index (χ1v) is 11.9. The average molecular weight is 517 g/mol. The second kappa shape index (κ2) is 7.73. The molecule has 27 heavy (non-hydrogen) atoms. The maximum Gasteiger partial charge on any atom is 0.323 e. The molecule has 8 heteroatoms. The van der Waals surface area contributed by atoms with E-state index in [1.807, 2.05) is 24.3 Å². The minimum atomic E-state index is -3.89. The van der Waals surface area contributed by atoms with Gasteiger partial charge in [0.25, 0.3) is 0 Å². The molecule has 5 nitrogen and oxygen atoms in total. The summed E-state index contributed by atoms with van der Waals surface area (Å²) in [6, 6.07) is 13.5. The van der Waals surface area contributed by atoms with Crippen molar-refractivity contribution in [2.45, 2.75) is 29.5 Å². The minimum Gasteiger partial charge on any atom is -0.480 e. The van der Waals surface area contributed by atoms with Gasteiger partial charge in [-0.05, 0) is 71.8 Å². The standard InChI is InChI=1S/C19H20INO4S2/c1-19(2)17(18(22)23)21(11-12-26-19)27(24,25)16-9-5-14(6-10-16)13-3-7-15(20)8-4-13/h3-10,17H,11-12H2,1-2H3,(H,22,23)/t17-/m0/s1. The predicted octanol–water partition coefficient (Wildman–Crippen LogP) is 3.93. The monoisotopic (exact) mass is 517 g/mol. The Bertz CT molecular complexity index is 941. The highest BCUT2D eigenvalue weighted by atomic mass is 127. The van der Waals surface area contributed by atoms with Crippen LogP contribution in [0.1, 0.15) is 13.8 Å². The van der Waals surface area contributed by atoms with E-state index in [1.54, 1.807) is 38.1 Å². The lowest BCUT2D eigenvalue weighted by atomic mass is 10.0. The second-order valence-electron chi connectivity index (χ2n) is 6.84. The Morgan fingerprint density at radius 2 is 1.63 bits per heavy atom. The average Bonchev–Trinajstić information content (AvgIpc) is 2.61. The highest BCUT2D eigenvalue weighted by Gasteiger charge is 2.48. The number of thioether (sulfide) groups is 1. The zero-order valence-corrected chi connectivity index (χ0v) is 18.7. The van der Waals surface area contributed by atoms with E-state index in [4.69, 9.17) is 0 Å². The highest BCUT2D eigenvalue weighted by Crippen LogP contribution is 2.38. The number of rotatable bonds is 4. The van der Waals surface area contributed by atoms with Gasteiger partial charge in [0.2, 0.25) is 10.0 Å². The molecule has 1 aliphatic heterocycles. The first kappa shape index (κ1) is 20.6. The SMILES string of the molecule is CC1(C)SCCN(S(=O)(=O)c2ccc(-c3ccc(I)cc3)cc2)[C@H]1C(=O)O. The molecular formula is C19H20INO4S2. The molecule has 1 fully saturated rings. The van der Waals surface area contributed by atoms with Gasteiger partial charge in [0, 0.05) is 20.6 Å². The molecule has 0 bridgehead atoms. The Kier molecular flexibility index (Phi) is 5.90. The van der Waals surface area contributed by atoms with Crippen LogP contribution in [0.25, 0.3) is 11.1 Å². The molecule has 144 valence electrons. The number of halogens is 1. The zero-order chi connectivity index (χ0) is 19.8. The number of carbonyl (C=O) groups is 1. The van der Waals surface area contributed by atoms with Crippen molar-refractivity contribution in [3.05, 3.63) is 52.1 Å². The smallest absolute Gasteiger partial charge is 0.323 e. The Hall–Kier alpha value is -1.10. The van der Waals surface area contributed by atoms with Gasteiger partial charge in [-0.3, -0.25) is 4.79 Å². The number of aliphatic carboxylic acids is 1. The molecule has 0 spiro atoms. The van der Waals surface area contributed by atoms with E-state index >= 15 is 0 Å². The Morgan fingerprint density at radius 1 is 1.11 bits per heavy atom. The van der Waals surface area contributed by atoms with Crippen molar-refractivity contribution < 1.29 is 18.3 Å². The van der Waals surface area contributed by atoms with Crippen molar-refractivity contribution in [2.24, 2.45) is 0 Å². The number of benzene rings is 2. The Labute approximate surface area is 177 Å². The van der Waals surface area contributed by atoms with E-state index in [-0.39, 0.29) is 11.4 Å². The lowest BCUT2D eigenvalue weighted by Gasteiger charge is -2.42. The van der Waals surface area contributed by atoms with Gasteiger partial charge in [0.15, 0.2) is 0 Å². The van der Waals surface area contributed by atoms with E-state index in [0.29, 0.717) is 5.75 Å². The van der Waals surface area contributed by atoms with Gasteiger partial charge >= 0.3 is 5.97 Å². The number of hydrogen-bond acceptors (Lipinski definition) is 4. The van der Waals surface area contributed by atoms with Crippen LogP contribution in [-0.2, 0) is 14.8 Å². The number of hydrogen-bond donors (Lipinski definition) is 1. The van der Waals surface area contributed by atoms with Crippen LogP contribution < -0.4 is 0 Å². The Balaban J connectivity index is 1.94. The van der Waals surface area contributed by atoms with Crippen molar-refractivity contribution in [1.29, 1.82) is 0 Å². The summed E-state index contributed by atoms with van der Waals surface area (Å²) in [5.41, 5.74) is 1.91. The molecule has 2 aromatic carbocycles. The number of nitrogens with zero attached hydrogens (tertiary/aromatic N) is 1. The summed E-state index contributed by atoms with van der Waals surface area (Å²) in [6.45, 7) is 3.74. The van der Waals surface area contributed by atoms with Crippen LogP contribution in [0.3, 0.4) is 0 Å². The van der Waals surface area contributed by atoms with Crippen LogP contribution in [0, 0.1) is 3.57 Å². The molecule has 1 saturated heterocycles. The Morgan fingerprint density at radius 3 is 2.15 bits per heavy atom. The molecule has 0 amide bonds. The second-order valence-corrected chi connectivity index (χ2v) is 11.7. The molecule has 1 N–H and O–H groups in total. The topological polar surface area (TPSA) is 74.7 Å². The molecule has 0 radical (unpaired) electrons. The van der Waals surface area contributed by atoms with Crippen LogP contribution in [0.5, 0.6) is 0 Å². The summed E-state index contributed by atoms with van der Waals surface area (Å²) in [4.78, 5) is 11.9. The largest absolute Gasteiger partial charge is 0.480 e. The van der Waals surface area contributed by atoms with Crippen molar-refractivity contribution in [1.82, 2.24) is 4.31 Å². The fourth-order valence-electron chi connectivity index (χ4n) is 3.23. The lowest BCUT2D eigenvalue weighted by molar-refractivity contribution is -0.142. The molecule has 2 aromatic rings. The molecular weight excluding hydrogens is 497 g/mol. The third-order valence-electron chi connectivity index (χ3n) is 4.60. The quantitative estimate of drug-likeness (QED) is 0.623. The van der Waals surface area contributed by atoms with Gasteiger partial charge in [0.05, 0.1) is 4.90 Å². The normalized spacial score (nSPS) is 20.3. The third-order valence-corrected chi connectivity index (χ3v) is 8.56. The maximum atomic E-state index is 13.1. The van der Waals surface area contributed by atoms with Crippen LogP contribution in [-0.4, -0.2) is 46.9 Å². The van der Waals surface area contributed by atoms with Crippen molar-refractivity contribution >= 4 is 50.3 Å². The van der Waals surface area contributed by atoms with E-state index in [1.165, 1.54) is 11.8 Å². The number of sulfonamides is 1. The van der Waals surface area contributed by atoms with Crippen molar-refractivity contribution in [3.63, 3.8) is 0 Å². The van der Waals surface area contributed by atoms with Gasteiger partial charge in [-0.25, -0.2) is 8.42 Å². The number of carboxylic acids is 1. The van der Waals surface area contributed by atoms with Crippen LogP contribution in [0.4, 0.5) is 0 Å². The first-order chi connectivity index (χ1) is 12.6. The van der Waals surface area contributed by atoms with Crippen LogP contribution >= 0.6 is 34.4 Å². The molecule has 0 saturated carbocycles. The molecule has 3 rings (SSSR count). The van der Waals surface area contributed by atoms with Gasteiger partial charge in [-0.15, -0.1) is 0 Å². The van der Waals surface area contributed by atoms with Crippen LogP contribution in [0.15, 0.2) is 53.4 Å². The highest BCUT2D eigenvalue weighted by molar-refractivity contribution is 14.1. The summed E-state index contributed by atoms with van der Waals surface area (Å²) in [6.07, 6.45) is 0. The van der Waals surface area contributed by atoms with E-state index in [9.17, 15) is 18.3 Å². The van der Waals surface area contributed by atoms with E-state index in [0.717, 1.165) is 19.0 Å². The van der Waals surface area contributed by atoms with Gasteiger partial charge < -0.3 is 5.11 Å². The summed E-state index contributed by atoms with van der Waals surface area (Å²) in [7, 11) is -3.89. The number of carboxylic acid groups (broad SMARTS) is 1. The zero-order valence-electron chi connectivity index (χ0n) is 14.9. The van der Waals surface area contributed by atoms with E-state index < -0.39 is 26.8 Å². The van der Waals surface area contributed by atoms with Crippen molar-refractivity contribution in [3.8, 4) is 11.1 Å². The minimum absolute atomic E-state index is 0.116. The maximum absolute atomic E-state index is 13.1. The molecule has 0 aromatic heterocycles. The molecule has 0 unspecified atom stereocenters. The predicted molar refractivity (Wildman–Crippen MR) is 116 cm³/mol. The summed E-state index contributed by atoms with van der Waals surface area (Å²) >= 11 is 3.72. The van der Waals surface area contributed by atoms with Crippen molar-refractivity contribution in [2.75, 3.05) is 12.3 Å². The third kappa shape index (κ3) is 4.18. The summed E-state index contributed by atoms with van der Waals surface area (Å²) in [5, 5.41) is 9.65. The van der Waals surface area contributed by atoms with Gasteiger partial charge in [0.1, 0.15) is 6.04 Å². The van der Waals surface area contributed by atoms with E-state index in [2.05, 4.69) is 22.6 Å². The van der Waals surface area contributed by atoms with Gasteiger partial charge in [-0.2, -0.15) is 16.1 Å². The lowest BCUT2D eigenvalue weighted by Crippen LogP contribution is -2.58. The fourth-order valence-corrected chi connectivity index (χ4v) is 6.69. The molecule has 0 aliphatic carbocycles. The van der Waals surface area contributed by atoms with Gasteiger partial charge in [-0.1, -0.05) is 24.3 Å². The fraction of sp³-hybridized carbons (Fsp3) is 0.316. The summed E-state index contributed by atoms with van der Waals surface area (Å²) in [5.74, 6) is -0.553. The molecule has 1 heterocycles.